The van der Waals surface area contributed by atoms with Gasteiger partial charge in [0.1, 0.15) is 11.8 Å². The van der Waals surface area contributed by atoms with Crippen molar-refractivity contribution in [2.75, 3.05) is 40.5 Å². The molecule has 2 N–H and O–H groups in total. The number of hydrogen-bond acceptors (Lipinski definition) is 5. The number of nitrogens with zero attached hydrogens (tertiary/aromatic N) is 1. The van der Waals surface area contributed by atoms with Gasteiger partial charge in [-0.3, -0.25) is 14.4 Å². The number of piperidine rings is 1. The van der Waals surface area contributed by atoms with E-state index in [0.29, 0.717) is 56.0 Å². The van der Waals surface area contributed by atoms with Crippen LogP contribution in [0.5, 0.6) is 5.75 Å². The lowest BCUT2D eigenvalue weighted by atomic mass is 9.88. The Balaban J connectivity index is 1.66. The third-order valence-corrected chi connectivity index (χ3v) is 5.83. The summed E-state index contributed by atoms with van der Waals surface area (Å²) in [6.45, 7) is 1.76. The Hall–Kier alpha value is -3.39. The Morgan fingerprint density at radius 3 is 2.36 bits per heavy atom. The minimum absolute atomic E-state index is 0.0678. The molecular formula is C25H31N3O5. The Bertz CT molecular complexity index is 942. The quantitative estimate of drug-likeness (QED) is 0.567. The summed E-state index contributed by atoms with van der Waals surface area (Å²) in [5.41, 5.74) is 1.07. The number of carbonyl (C=O) groups is 3. The average molecular weight is 454 g/mol. The number of hydrogen-bond donors (Lipinski definition) is 2. The van der Waals surface area contributed by atoms with Crippen molar-refractivity contribution >= 4 is 17.7 Å². The average Bonchev–Trinajstić information content (AvgIpc) is 2.87. The highest BCUT2D eigenvalue weighted by molar-refractivity contribution is 5.97. The Morgan fingerprint density at radius 2 is 1.70 bits per heavy atom. The monoisotopic (exact) mass is 453 g/mol. The predicted molar refractivity (Wildman–Crippen MR) is 124 cm³/mol. The van der Waals surface area contributed by atoms with E-state index in [1.54, 1.807) is 67.7 Å². The van der Waals surface area contributed by atoms with Crippen molar-refractivity contribution in [3.05, 3.63) is 65.7 Å². The van der Waals surface area contributed by atoms with Crippen molar-refractivity contribution in [2.24, 2.45) is 5.92 Å². The van der Waals surface area contributed by atoms with E-state index in [9.17, 15) is 14.4 Å². The molecule has 3 rings (SSSR count). The van der Waals surface area contributed by atoms with Gasteiger partial charge >= 0.3 is 0 Å². The van der Waals surface area contributed by atoms with Crippen LogP contribution in [0.25, 0.3) is 0 Å². The maximum absolute atomic E-state index is 12.9. The van der Waals surface area contributed by atoms with Crippen molar-refractivity contribution in [2.45, 2.75) is 18.9 Å². The summed E-state index contributed by atoms with van der Waals surface area (Å²) in [5, 5.41) is 5.75. The number of benzene rings is 2. The second-order valence-electron chi connectivity index (χ2n) is 7.96. The van der Waals surface area contributed by atoms with E-state index in [2.05, 4.69) is 10.6 Å². The van der Waals surface area contributed by atoms with Gasteiger partial charge in [-0.2, -0.15) is 0 Å². The number of amides is 3. The molecule has 1 aliphatic rings. The van der Waals surface area contributed by atoms with Crippen LogP contribution in [0.4, 0.5) is 0 Å². The highest BCUT2D eigenvalue weighted by Crippen LogP contribution is 2.24. The molecule has 0 saturated carbocycles. The Morgan fingerprint density at radius 1 is 1.00 bits per heavy atom. The van der Waals surface area contributed by atoms with Crippen LogP contribution in [0.3, 0.4) is 0 Å². The molecule has 0 unspecified atom stereocenters. The molecule has 8 nitrogen and oxygen atoms in total. The van der Waals surface area contributed by atoms with Gasteiger partial charge in [0.2, 0.25) is 5.91 Å². The number of nitrogens with one attached hydrogen (secondary N) is 2. The van der Waals surface area contributed by atoms with Gasteiger partial charge in [0.15, 0.2) is 0 Å². The molecule has 0 spiro atoms. The SMILES string of the molecule is COCCNC(=O)[C@H](NC(=O)c1ccccc1)C1CCN(C(=O)c2cccc(OC)c2)CC1. The molecule has 1 atom stereocenters. The first-order valence-corrected chi connectivity index (χ1v) is 11.1. The van der Waals surface area contributed by atoms with Crippen LogP contribution in [0.15, 0.2) is 54.6 Å². The smallest absolute Gasteiger partial charge is 0.253 e. The van der Waals surface area contributed by atoms with Gasteiger partial charge < -0.3 is 25.0 Å². The van der Waals surface area contributed by atoms with Crippen LogP contribution < -0.4 is 15.4 Å². The van der Waals surface area contributed by atoms with Crippen LogP contribution in [-0.2, 0) is 9.53 Å². The highest BCUT2D eigenvalue weighted by atomic mass is 16.5. The largest absolute Gasteiger partial charge is 0.497 e. The molecule has 2 aromatic carbocycles. The molecule has 176 valence electrons. The van der Waals surface area contributed by atoms with Gasteiger partial charge in [-0.15, -0.1) is 0 Å². The van der Waals surface area contributed by atoms with Gasteiger partial charge in [-0.25, -0.2) is 0 Å². The zero-order valence-corrected chi connectivity index (χ0v) is 19.1. The number of methoxy groups -OCH3 is 2. The van der Waals surface area contributed by atoms with E-state index in [1.807, 2.05) is 6.07 Å². The maximum atomic E-state index is 12.9. The van der Waals surface area contributed by atoms with E-state index in [4.69, 9.17) is 9.47 Å². The van der Waals surface area contributed by atoms with E-state index in [1.165, 1.54) is 0 Å². The maximum Gasteiger partial charge on any atom is 0.253 e. The van der Waals surface area contributed by atoms with Gasteiger partial charge in [0.25, 0.3) is 11.8 Å². The lowest BCUT2D eigenvalue weighted by molar-refractivity contribution is -0.124. The van der Waals surface area contributed by atoms with E-state index < -0.39 is 6.04 Å². The zero-order chi connectivity index (χ0) is 23.6. The number of rotatable bonds is 9. The third kappa shape index (κ3) is 6.55. The van der Waals surface area contributed by atoms with Gasteiger partial charge in [0.05, 0.1) is 13.7 Å². The lowest BCUT2D eigenvalue weighted by Crippen LogP contribution is -2.54. The minimum atomic E-state index is -0.691. The summed E-state index contributed by atoms with van der Waals surface area (Å²) >= 11 is 0. The molecule has 2 aromatic rings. The summed E-state index contributed by atoms with van der Waals surface area (Å²) in [6.07, 6.45) is 1.21. The summed E-state index contributed by atoms with van der Waals surface area (Å²) in [7, 11) is 3.13. The van der Waals surface area contributed by atoms with Gasteiger partial charge in [0, 0.05) is 37.9 Å². The fraction of sp³-hybridized carbons (Fsp3) is 0.400. The van der Waals surface area contributed by atoms with Gasteiger partial charge in [-0.05, 0) is 49.1 Å². The first-order chi connectivity index (χ1) is 16.0. The molecule has 0 aliphatic carbocycles. The van der Waals surface area contributed by atoms with E-state index in [0.717, 1.165) is 0 Å². The van der Waals surface area contributed by atoms with E-state index >= 15 is 0 Å². The molecule has 1 saturated heterocycles. The number of likely N-dealkylation sites (tertiary alicyclic amines) is 1. The molecule has 3 amide bonds. The molecule has 0 bridgehead atoms. The summed E-state index contributed by atoms with van der Waals surface area (Å²) in [6, 6.07) is 15.2. The van der Waals surface area contributed by atoms with Crippen LogP contribution >= 0.6 is 0 Å². The molecular weight excluding hydrogens is 422 g/mol. The van der Waals surface area contributed by atoms with Crippen molar-refractivity contribution in [1.82, 2.24) is 15.5 Å². The molecule has 0 radical (unpaired) electrons. The predicted octanol–water partition coefficient (Wildman–Crippen LogP) is 2.11. The van der Waals surface area contributed by atoms with Crippen molar-refractivity contribution < 1.29 is 23.9 Å². The lowest BCUT2D eigenvalue weighted by Gasteiger charge is -2.36. The van der Waals surface area contributed by atoms with Crippen molar-refractivity contribution in [3.8, 4) is 5.75 Å². The molecule has 1 fully saturated rings. The number of ether oxygens (including phenoxy) is 2. The summed E-state index contributed by atoms with van der Waals surface area (Å²) in [5.74, 6) is -0.0604. The third-order valence-electron chi connectivity index (χ3n) is 5.83. The normalized spacial score (nSPS) is 14.9. The Labute approximate surface area is 194 Å². The first kappa shape index (κ1) is 24.3. The standard InChI is InChI=1S/C25H31N3O5/c1-32-16-13-26-24(30)22(27-23(29)19-7-4-3-5-8-19)18-11-14-28(15-12-18)25(31)20-9-6-10-21(17-20)33-2/h3-10,17-18,22H,11-16H2,1-2H3,(H,26,30)(H,27,29)/t22-/m1/s1. The summed E-state index contributed by atoms with van der Waals surface area (Å²) in [4.78, 5) is 40.4. The molecule has 1 heterocycles. The fourth-order valence-corrected chi connectivity index (χ4v) is 3.97. The van der Waals surface area contributed by atoms with Crippen molar-refractivity contribution in [1.29, 1.82) is 0 Å². The van der Waals surface area contributed by atoms with Crippen LogP contribution in [-0.4, -0.2) is 69.1 Å². The van der Waals surface area contributed by atoms with Gasteiger partial charge in [-0.1, -0.05) is 24.3 Å². The van der Waals surface area contributed by atoms with Crippen LogP contribution in [0.2, 0.25) is 0 Å². The number of carbonyl (C=O) groups excluding carboxylic acids is 3. The first-order valence-electron chi connectivity index (χ1n) is 11.1. The van der Waals surface area contributed by atoms with E-state index in [-0.39, 0.29) is 23.6 Å². The topological polar surface area (TPSA) is 97.0 Å². The van der Waals surface area contributed by atoms with Crippen LogP contribution in [0, 0.1) is 5.92 Å². The van der Waals surface area contributed by atoms with Crippen LogP contribution in [0.1, 0.15) is 33.6 Å². The minimum Gasteiger partial charge on any atom is -0.497 e. The second-order valence-corrected chi connectivity index (χ2v) is 7.96. The molecule has 33 heavy (non-hydrogen) atoms. The molecule has 8 heteroatoms. The van der Waals surface area contributed by atoms with Crippen molar-refractivity contribution in [3.63, 3.8) is 0 Å². The summed E-state index contributed by atoms with van der Waals surface area (Å²) < 4.78 is 10.2. The molecule has 1 aliphatic heterocycles. The fourth-order valence-electron chi connectivity index (χ4n) is 3.97. The molecule has 0 aromatic heterocycles. The Kier molecular flexibility index (Phi) is 8.83. The highest BCUT2D eigenvalue weighted by Gasteiger charge is 2.34. The second kappa shape index (κ2) is 12.0. The zero-order valence-electron chi connectivity index (χ0n) is 19.1.